The third-order valence-electron chi connectivity index (χ3n) is 8.99. The minimum atomic E-state index is 0.943. The first kappa shape index (κ1) is 26.3. The van der Waals surface area contributed by atoms with Crippen LogP contribution in [0.3, 0.4) is 0 Å². The van der Waals surface area contributed by atoms with E-state index < -0.39 is 0 Å². The van der Waals surface area contributed by atoms with Crippen LogP contribution in [0.25, 0.3) is 88.1 Å². The number of pyridine rings is 2. The van der Waals surface area contributed by atoms with Gasteiger partial charge in [0, 0.05) is 33.0 Å². The molecule has 0 bridgehead atoms. The van der Waals surface area contributed by atoms with Crippen LogP contribution >= 0.6 is 0 Å². The van der Waals surface area contributed by atoms with Gasteiger partial charge in [0.2, 0.25) is 0 Å². The van der Waals surface area contributed by atoms with E-state index in [9.17, 15) is 0 Å². The molecule has 2 heterocycles. The van der Waals surface area contributed by atoms with Crippen LogP contribution in [0.5, 0.6) is 0 Å². The first-order chi connectivity index (χ1) is 22.8. The molecule has 2 nitrogen and oxygen atoms in total. The molecule has 46 heavy (non-hydrogen) atoms. The lowest BCUT2D eigenvalue weighted by Crippen LogP contribution is -1.93. The molecule has 0 radical (unpaired) electrons. The number of hydrogen-bond donors (Lipinski definition) is 0. The van der Waals surface area contributed by atoms with Crippen molar-refractivity contribution in [3.63, 3.8) is 0 Å². The van der Waals surface area contributed by atoms with Gasteiger partial charge in [-0.25, -0.2) is 9.97 Å². The molecule has 0 atom stereocenters. The maximum Gasteiger partial charge on any atom is 0.0794 e. The molecule has 0 saturated heterocycles. The Labute approximate surface area is 267 Å². The molecule has 0 saturated carbocycles. The standard InChI is InChI=1S/C44H28N2/c1-3-12-29(13-4-1)41-37-20-9-7-16-31(37)26-35-22-24-39(45-43(35)41)33-18-11-19-34(28-33)40-25-23-36-27-32-17-8-10-21-38(32)42(44(36)46-40)30-14-5-2-6-15-30/h1-28H. The first-order valence-corrected chi connectivity index (χ1v) is 15.7. The lowest BCUT2D eigenvalue weighted by atomic mass is 9.94. The van der Waals surface area contributed by atoms with Crippen LogP contribution in [0.4, 0.5) is 0 Å². The second-order valence-electron chi connectivity index (χ2n) is 11.8. The average molecular weight is 585 g/mol. The molecule has 214 valence electrons. The van der Waals surface area contributed by atoms with E-state index in [1.807, 2.05) is 0 Å². The third kappa shape index (κ3) is 4.43. The summed E-state index contributed by atoms with van der Waals surface area (Å²) in [5.74, 6) is 0. The van der Waals surface area contributed by atoms with Crippen molar-refractivity contribution in [3.8, 4) is 44.8 Å². The second-order valence-corrected chi connectivity index (χ2v) is 11.8. The fraction of sp³-hybridized carbons (Fsp3) is 0. The van der Waals surface area contributed by atoms with E-state index in [4.69, 9.17) is 9.97 Å². The largest absolute Gasteiger partial charge is 0.247 e. The Bertz CT molecular complexity index is 2390. The highest BCUT2D eigenvalue weighted by Gasteiger charge is 2.15. The van der Waals surface area contributed by atoms with E-state index in [2.05, 4.69) is 170 Å². The zero-order chi connectivity index (χ0) is 30.5. The Kier molecular flexibility index (Phi) is 6.17. The summed E-state index contributed by atoms with van der Waals surface area (Å²) in [6, 6.07) is 60.2. The maximum absolute atomic E-state index is 5.32. The Morgan fingerprint density at radius 2 is 0.696 bits per heavy atom. The van der Waals surface area contributed by atoms with Crippen molar-refractivity contribution >= 4 is 43.4 Å². The predicted molar refractivity (Wildman–Crippen MR) is 194 cm³/mol. The topological polar surface area (TPSA) is 25.8 Å². The summed E-state index contributed by atoms with van der Waals surface area (Å²) in [4.78, 5) is 10.6. The monoisotopic (exact) mass is 584 g/mol. The SMILES string of the molecule is c1ccc(-c2c3ccccc3cc3ccc(-c4cccc(-c5ccc6cc7ccccc7c(-c7ccccc7)c6n5)c4)nc23)cc1. The van der Waals surface area contributed by atoms with Crippen molar-refractivity contribution in [2.75, 3.05) is 0 Å². The van der Waals surface area contributed by atoms with Gasteiger partial charge >= 0.3 is 0 Å². The molecule has 0 N–H and O–H groups in total. The van der Waals surface area contributed by atoms with Crippen LogP contribution in [0.15, 0.2) is 170 Å². The normalized spacial score (nSPS) is 11.5. The minimum absolute atomic E-state index is 0.943. The van der Waals surface area contributed by atoms with Gasteiger partial charge in [-0.05, 0) is 63.0 Å². The molecule has 0 aliphatic rings. The highest BCUT2D eigenvalue weighted by molar-refractivity contribution is 6.12. The number of fused-ring (bicyclic) bond motifs is 4. The van der Waals surface area contributed by atoms with Crippen LogP contribution < -0.4 is 0 Å². The quantitative estimate of drug-likeness (QED) is 0.192. The van der Waals surface area contributed by atoms with Gasteiger partial charge in [0.05, 0.1) is 22.4 Å². The van der Waals surface area contributed by atoms with Crippen molar-refractivity contribution in [2.45, 2.75) is 0 Å². The van der Waals surface area contributed by atoms with E-state index in [0.717, 1.165) is 44.3 Å². The van der Waals surface area contributed by atoms with Crippen molar-refractivity contribution in [1.82, 2.24) is 9.97 Å². The Balaban J connectivity index is 1.21. The van der Waals surface area contributed by atoms with Gasteiger partial charge in [-0.15, -0.1) is 0 Å². The lowest BCUT2D eigenvalue weighted by Gasteiger charge is -2.14. The van der Waals surface area contributed by atoms with E-state index in [0.29, 0.717) is 0 Å². The number of benzene rings is 7. The summed E-state index contributed by atoms with van der Waals surface area (Å²) in [5.41, 5.74) is 10.7. The van der Waals surface area contributed by atoms with Crippen LogP contribution in [0.2, 0.25) is 0 Å². The molecule has 0 amide bonds. The number of hydrogen-bond acceptors (Lipinski definition) is 2. The maximum atomic E-state index is 5.32. The summed E-state index contributed by atoms with van der Waals surface area (Å²) in [6.45, 7) is 0. The van der Waals surface area contributed by atoms with Crippen molar-refractivity contribution in [3.05, 3.63) is 170 Å². The summed E-state index contributed by atoms with van der Waals surface area (Å²) < 4.78 is 0. The van der Waals surface area contributed by atoms with E-state index in [1.165, 1.54) is 43.8 Å². The average Bonchev–Trinajstić information content (AvgIpc) is 3.13. The molecule has 7 aromatic carbocycles. The highest BCUT2D eigenvalue weighted by atomic mass is 14.7. The van der Waals surface area contributed by atoms with Crippen molar-refractivity contribution in [1.29, 1.82) is 0 Å². The summed E-state index contributed by atoms with van der Waals surface area (Å²) in [7, 11) is 0. The van der Waals surface area contributed by atoms with Gasteiger partial charge < -0.3 is 0 Å². The first-order valence-electron chi connectivity index (χ1n) is 15.7. The number of rotatable bonds is 4. The Morgan fingerprint density at radius 3 is 1.17 bits per heavy atom. The van der Waals surface area contributed by atoms with Gasteiger partial charge in [0.1, 0.15) is 0 Å². The molecular weight excluding hydrogens is 556 g/mol. The molecule has 0 aliphatic heterocycles. The summed E-state index contributed by atoms with van der Waals surface area (Å²) in [5, 5.41) is 7.12. The van der Waals surface area contributed by atoms with Crippen molar-refractivity contribution < 1.29 is 0 Å². The molecular formula is C44H28N2. The molecule has 0 spiro atoms. The minimum Gasteiger partial charge on any atom is -0.247 e. The zero-order valence-electron chi connectivity index (χ0n) is 25.1. The van der Waals surface area contributed by atoms with Crippen LogP contribution in [-0.2, 0) is 0 Å². The smallest absolute Gasteiger partial charge is 0.0794 e. The van der Waals surface area contributed by atoms with E-state index in [-0.39, 0.29) is 0 Å². The fourth-order valence-corrected chi connectivity index (χ4v) is 6.82. The van der Waals surface area contributed by atoms with Gasteiger partial charge in [0.15, 0.2) is 0 Å². The summed E-state index contributed by atoms with van der Waals surface area (Å²) in [6.07, 6.45) is 0. The number of aromatic nitrogens is 2. The Hall–Kier alpha value is -6.12. The lowest BCUT2D eigenvalue weighted by molar-refractivity contribution is 1.38. The zero-order valence-corrected chi connectivity index (χ0v) is 25.1. The van der Waals surface area contributed by atoms with E-state index >= 15 is 0 Å². The van der Waals surface area contributed by atoms with Crippen LogP contribution in [0.1, 0.15) is 0 Å². The van der Waals surface area contributed by atoms with Crippen LogP contribution in [-0.4, -0.2) is 9.97 Å². The fourth-order valence-electron chi connectivity index (χ4n) is 6.82. The van der Waals surface area contributed by atoms with Gasteiger partial charge in [-0.3, -0.25) is 0 Å². The molecule has 9 aromatic rings. The van der Waals surface area contributed by atoms with Gasteiger partial charge in [0.25, 0.3) is 0 Å². The third-order valence-corrected chi connectivity index (χ3v) is 8.99. The molecule has 0 aliphatic carbocycles. The predicted octanol–water partition coefficient (Wildman–Crippen LogP) is 11.8. The molecule has 9 rings (SSSR count). The summed E-state index contributed by atoms with van der Waals surface area (Å²) >= 11 is 0. The molecule has 0 fully saturated rings. The van der Waals surface area contributed by atoms with E-state index in [1.54, 1.807) is 0 Å². The molecule has 0 unspecified atom stereocenters. The number of nitrogens with zero attached hydrogens (tertiary/aromatic N) is 2. The van der Waals surface area contributed by atoms with Crippen LogP contribution in [0, 0.1) is 0 Å². The highest BCUT2D eigenvalue weighted by Crippen LogP contribution is 2.39. The molecule has 2 heteroatoms. The second kappa shape index (κ2) is 10.8. The van der Waals surface area contributed by atoms with Gasteiger partial charge in [-0.1, -0.05) is 140 Å². The van der Waals surface area contributed by atoms with Gasteiger partial charge in [-0.2, -0.15) is 0 Å². The Morgan fingerprint density at radius 1 is 0.283 bits per heavy atom. The molecule has 2 aromatic heterocycles. The van der Waals surface area contributed by atoms with Crippen molar-refractivity contribution in [2.24, 2.45) is 0 Å².